The van der Waals surface area contributed by atoms with Crippen LogP contribution in [0.25, 0.3) is 0 Å². The van der Waals surface area contributed by atoms with E-state index in [2.05, 4.69) is 12.2 Å². The zero-order valence-corrected chi connectivity index (χ0v) is 10.6. The van der Waals surface area contributed by atoms with Gasteiger partial charge in [0, 0.05) is 13.2 Å². The van der Waals surface area contributed by atoms with Crippen LogP contribution in [0, 0.1) is 5.92 Å². The molecule has 0 heterocycles. The Bertz CT molecular complexity index is 277. The Morgan fingerprint density at radius 3 is 2.71 bits per heavy atom. The molecule has 1 rings (SSSR count). The number of aliphatic hydroxyl groups is 1. The number of rotatable bonds is 9. The average Bonchev–Trinajstić information content (AvgIpc) is 2.38. The van der Waals surface area contributed by atoms with Gasteiger partial charge in [-0.2, -0.15) is 0 Å². The fraction of sp³-hybridized carbons (Fsp3) is 0.571. The van der Waals surface area contributed by atoms with Crippen molar-refractivity contribution in [3.05, 3.63) is 30.3 Å². The molecule has 1 aromatic carbocycles. The van der Waals surface area contributed by atoms with E-state index in [9.17, 15) is 0 Å². The highest BCUT2D eigenvalue weighted by Crippen LogP contribution is 2.07. The molecule has 0 aliphatic rings. The maximum atomic E-state index is 8.86. The van der Waals surface area contributed by atoms with E-state index in [0.717, 1.165) is 31.7 Å². The molecule has 3 nitrogen and oxygen atoms in total. The van der Waals surface area contributed by atoms with E-state index in [4.69, 9.17) is 9.84 Å². The Morgan fingerprint density at radius 1 is 1.24 bits per heavy atom. The second-order valence-electron chi connectivity index (χ2n) is 4.34. The highest BCUT2D eigenvalue weighted by atomic mass is 16.5. The molecule has 1 aromatic rings. The van der Waals surface area contributed by atoms with Crippen LogP contribution in [-0.2, 0) is 0 Å². The quantitative estimate of drug-likeness (QED) is 0.646. The van der Waals surface area contributed by atoms with Crippen LogP contribution in [0.1, 0.15) is 19.8 Å². The van der Waals surface area contributed by atoms with Crippen molar-refractivity contribution < 1.29 is 9.84 Å². The highest BCUT2D eigenvalue weighted by Gasteiger charge is 1.98. The van der Waals surface area contributed by atoms with Gasteiger partial charge in [0.15, 0.2) is 0 Å². The summed E-state index contributed by atoms with van der Waals surface area (Å²) in [5.41, 5.74) is 0. The van der Waals surface area contributed by atoms with E-state index in [1.54, 1.807) is 0 Å². The predicted octanol–water partition coefficient (Wildman–Crippen LogP) is 2.06. The van der Waals surface area contributed by atoms with Gasteiger partial charge in [-0.15, -0.1) is 0 Å². The van der Waals surface area contributed by atoms with E-state index in [-0.39, 0.29) is 6.61 Å². The van der Waals surface area contributed by atoms with Gasteiger partial charge in [-0.05, 0) is 37.4 Å². The van der Waals surface area contributed by atoms with Crippen LogP contribution in [0.2, 0.25) is 0 Å². The second-order valence-corrected chi connectivity index (χ2v) is 4.34. The first-order valence-corrected chi connectivity index (χ1v) is 6.32. The summed E-state index contributed by atoms with van der Waals surface area (Å²) in [6.45, 7) is 4.90. The van der Waals surface area contributed by atoms with Gasteiger partial charge in [-0.3, -0.25) is 0 Å². The first kappa shape index (κ1) is 14.0. The monoisotopic (exact) mass is 237 g/mol. The lowest BCUT2D eigenvalue weighted by Gasteiger charge is -2.09. The van der Waals surface area contributed by atoms with Crippen molar-refractivity contribution in [3.63, 3.8) is 0 Å². The Kier molecular flexibility index (Phi) is 7.43. The smallest absolute Gasteiger partial charge is 0.119 e. The van der Waals surface area contributed by atoms with Crippen LogP contribution >= 0.6 is 0 Å². The summed E-state index contributed by atoms with van der Waals surface area (Å²) in [5.74, 6) is 1.33. The number of hydrogen-bond acceptors (Lipinski definition) is 3. The molecule has 1 unspecified atom stereocenters. The van der Waals surface area contributed by atoms with E-state index >= 15 is 0 Å². The third-order valence-corrected chi connectivity index (χ3v) is 2.65. The van der Waals surface area contributed by atoms with Gasteiger partial charge < -0.3 is 15.2 Å². The maximum Gasteiger partial charge on any atom is 0.119 e. The molecule has 0 aliphatic heterocycles. The first-order chi connectivity index (χ1) is 8.33. The zero-order chi connectivity index (χ0) is 12.3. The van der Waals surface area contributed by atoms with Crippen LogP contribution in [-0.4, -0.2) is 31.4 Å². The fourth-order valence-electron chi connectivity index (χ4n) is 1.55. The minimum atomic E-state index is 0.289. The molecule has 96 valence electrons. The number of benzene rings is 1. The summed E-state index contributed by atoms with van der Waals surface area (Å²) < 4.78 is 5.55. The van der Waals surface area contributed by atoms with Crippen molar-refractivity contribution in [1.82, 2.24) is 5.32 Å². The topological polar surface area (TPSA) is 41.5 Å². The average molecular weight is 237 g/mol. The van der Waals surface area contributed by atoms with Gasteiger partial charge >= 0.3 is 0 Å². The minimum Gasteiger partial charge on any atom is -0.492 e. The number of aliphatic hydroxyl groups excluding tert-OH is 1. The molecule has 17 heavy (non-hydrogen) atoms. The van der Waals surface area contributed by atoms with E-state index in [1.165, 1.54) is 0 Å². The maximum absolute atomic E-state index is 8.86. The van der Waals surface area contributed by atoms with Gasteiger partial charge in [0.25, 0.3) is 0 Å². The van der Waals surface area contributed by atoms with Crippen molar-refractivity contribution >= 4 is 0 Å². The summed E-state index contributed by atoms with van der Waals surface area (Å²) >= 11 is 0. The number of ether oxygens (including phenoxy) is 1. The molecule has 0 spiro atoms. The zero-order valence-electron chi connectivity index (χ0n) is 10.6. The molecule has 0 saturated carbocycles. The molecule has 0 amide bonds. The Balaban J connectivity index is 1.91. The van der Waals surface area contributed by atoms with E-state index in [1.807, 2.05) is 30.3 Å². The standard InChI is InChI=1S/C14H23NO2/c1-13(12-16)6-5-9-15-10-11-17-14-7-3-2-4-8-14/h2-4,7-8,13,15-16H,5-6,9-12H2,1H3. The largest absolute Gasteiger partial charge is 0.492 e. The predicted molar refractivity (Wildman–Crippen MR) is 70.3 cm³/mol. The number of nitrogens with one attached hydrogen (secondary N) is 1. The Labute approximate surface area is 104 Å². The Morgan fingerprint density at radius 2 is 2.00 bits per heavy atom. The van der Waals surface area contributed by atoms with Crippen LogP contribution < -0.4 is 10.1 Å². The molecular weight excluding hydrogens is 214 g/mol. The lowest BCUT2D eigenvalue weighted by Crippen LogP contribution is -2.22. The fourth-order valence-corrected chi connectivity index (χ4v) is 1.55. The number of para-hydroxylation sites is 1. The SMILES string of the molecule is CC(CO)CCCNCCOc1ccccc1. The molecule has 2 N–H and O–H groups in total. The molecule has 1 atom stereocenters. The van der Waals surface area contributed by atoms with Gasteiger partial charge in [-0.1, -0.05) is 25.1 Å². The van der Waals surface area contributed by atoms with E-state index < -0.39 is 0 Å². The lowest BCUT2D eigenvalue weighted by atomic mass is 10.1. The summed E-state index contributed by atoms with van der Waals surface area (Å²) in [6, 6.07) is 9.84. The third kappa shape index (κ3) is 6.97. The highest BCUT2D eigenvalue weighted by molar-refractivity contribution is 5.20. The van der Waals surface area contributed by atoms with Crippen molar-refractivity contribution in [1.29, 1.82) is 0 Å². The summed E-state index contributed by atoms with van der Waals surface area (Å²) in [5, 5.41) is 12.2. The van der Waals surface area contributed by atoms with Crippen LogP contribution in [0.3, 0.4) is 0 Å². The lowest BCUT2D eigenvalue weighted by molar-refractivity contribution is 0.227. The van der Waals surface area contributed by atoms with Crippen molar-refractivity contribution in [2.75, 3.05) is 26.3 Å². The van der Waals surface area contributed by atoms with Crippen molar-refractivity contribution in [3.8, 4) is 5.75 Å². The van der Waals surface area contributed by atoms with E-state index in [0.29, 0.717) is 12.5 Å². The van der Waals surface area contributed by atoms with Crippen molar-refractivity contribution in [2.24, 2.45) is 5.92 Å². The second kappa shape index (κ2) is 9.02. The molecule has 0 saturated heterocycles. The molecule has 0 aromatic heterocycles. The van der Waals surface area contributed by atoms with Gasteiger partial charge in [0.1, 0.15) is 12.4 Å². The number of hydrogen-bond donors (Lipinski definition) is 2. The van der Waals surface area contributed by atoms with Gasteiger partial charge in [-0.25, -0.2) is 0 Å². The van der Waals surface area contributed by atoms with Crippen molar-refractivity contribution in [2.45, 2.75) is 19.8 Å². The molecule has 0 bridgehead atoms. The molecule has 0 radical (unpaired) electrons. The van der Waals surface area contributed by atoms with Crippen LogP contribution in [0.5, 0.6) is 5.75 Å². The van der Waals surface area contributed by atoms with Gasteiger partial charge in [0.05, 0.1) is 0 Å². The first-order valence-electron chi connectivity index (χ1n) is 6.32. The normalized spacial score (nSPS) is 12.4. The minimum absolute atomic E-state index is 0.289. The molecular formula is C14H23NO2. The summed E-state index contributed by atoms with van der Waals surface area (Å²) in [7, 11) is 0. The summed E-state index contributed by atoms with van der Waals surface area (Å²) in [6.07, 6.45) is 2.18. The van der Waals surface area contributed by atoms with Crippen LogP contribution in [0.15, 0.2) is 30.3 Å². The van der Waals surface area contributed by atoms with Gasteiger partial charge in [0.2, 0.25) is 0 Å². The molecule has 3 heteroatoms. The summed E-state index contributed by atoms with van der Waals surface area (Å²) in [4.78, 5) is 0. The Hall–Kier alpha value is -1.06. The molecule has 0 fully saturated rings. The van der Waals surface area contributed by atoms with Crippen LogP contribution in [0.4, 0.5) is 0 Å². The third-order valence-electron chi connectivity index (χ3n) is 2.65. The molecule has 0 aliphatic carbocycles.